The second kappa shape index (κ2) is 12.3. The maximum atomic E-state index is 14.1. The first kappa shape index (κ1) is 34.1. The van der Waals surface area contributed by atoms with E-state index in [0.29, 0.717) is 6.42 Å². The number of nitrogens with one attached hydrogen (secondary N) is 3. The van der Waals surface area contributed by atoms with Gasteiger partial charge in [-0.2, -0.15) is 0 Å². The number of hydrogen-bond acceptors (Lipinski definition) is 7. The number of sulfonamides is 1. The second-order valence-electron chi connectivity index (χ2n) is 13.9. The summed E-state index contributed by atoms with van der Waals surface area (Å²) in [7, 11) is -4.19. The van der Waals surface area contributed by atoms with Gasteiger partial charge >= 0.3 is 6.09 Å². The van der Waals surface area contributed by atoms with Crippen LogP contribution in [0.25, 0.3) is 0 Å². The summed E-state index contributed by atoms with van der Waals surface area (Å²) >= 11 is 0. The van der Waals surface area contributed by atoms with E-state index in [-0.39, 0.29) is 29.7 Å². The number of likely N-dealkylation sites (tertiary alicyclic amines) is 1. The molecule has 0 aromatic heterocycles. The van der Waals surface area contributed by atoms with Gasteiger partial charge in [-0.05, 0) is 63.0 Å². The predicted octanol–water partition coefficient (Wildman–Crippen LogP) is 3.36. The Bertz CT molecular complexity index is 1350. The Morgan fingerprint density at radius 1 is 1.07 bits per heavy atom. The molecule has 1 aromatic carbocycles. The molecule has 11 nitrogen and oxygen atoms in total. The number of hydrogen-bond donors (Lipinski definition) is 3. The standard InChI is InChI=1S/C31H46N4O7S/c1-10-20-18-31(20,27(38)34-43(40,41)21-14-12-11-13-15-21)33-25(36)23-22(19(2)3)16-17-35(23)26(37)24(29(4,5)6)32-28(39)42-30(7,8)9/h10-15,19-20,22-24H,1,16-18H2,2-9H3,(H,32,39)(H,33,36)(H,34,38)/t20?,22-,23?,24+,31+/m0/s1. The minimum absolute atomic E-state index is 0.0121. The fourth-order valence-electron chi connectivity index (χ4n) is 5.54. The summed E-state index contributed by atoms with van der Waals surface area (Å²) in [6.07, 6.45) is 1.46. The first-order chi connectivity index (χ1) is 19.7. The molecule has 3 N–H and O–H groups in total. The van der Waals surface area contributed by atoms with Crippen molar-refractivity contribution in [1.82, 2.24) is 20.3 Å². The first-order valence-corrected chi connectivity index (χ1v) is 16.1. The summed E-state index contributed by atoms with van der Waals surface area (Å²) < 4.78 is 33.3. The molecule has 1 aliphatic heterocycles. The SMILES string of the molecule is C=CC1C[C@]1(NC(=O)C1[C@H](C(C)C)CCN1C(=O)[C@@H](NC(=O)OC(C)(C)C)C(C)(C)C)C(=O)NS(=O)(=O)c1ccccc1. The van der Waals surface area contributed by atoms with Gasteiger partial charge in [0, 0.05) is 12.5 Å². The molecule has 1 heterocycles. The molecule has 0 radical (unpaired) electrons. The quantitative estimate of drug-likeness (QED) is 0.359. The lowest BCUT2D eigenvalue weighted by atomic mass is 9.84. The zero-order chi connectivity index (χ0) is 32.5. The van der Waals surface area contributed by atoms with Crippen molar-refractivity contribution in [3.05, 3.63) is 43.0 Å². The highest BCUT2D eigenvalue weighted by molar-refractivity contribution is 7.90. The molecule has 12 heteroatoms. The van der Waals surface area contributed by atoms with E-state index in [4.69, 9.17) is 4.74 Å². The number of benzene rings is 1. The fourth-order valence-corrected chi connectivity index (χ4v) is 6.60. The smallest absolute Gasteiger partial charge is 0.408 e. The van der Waals surface area contributed by atoms with Crippen molar-refractivity contribution in [3.8, 4) is 0 Å². The third kappa shape index (κ3) is 7.76. The molecule has 2 fully saturated rings. The molecule has 4 amide bonds. The van der Waals surface area contributed by atoms with Crippen molar-refractivity contribution in [3.63, 3.8) is 0 Å². The Balaban J connectivity index is 1.89. The highest BCUT2D eigenvalue weighted by Gasteiger charge is 2.62. The number of ether oxygens (including phenoxy) is 1. The second-order valence-corrected chi connectivity index (χ2v) is 15.6. The number of nitrogens with zero attached hydrogens (tertiary/aromatic N) is 1. The largest absolute Gasteiger partial charge is 0.444 e. The Kier molecular flexibility index (Phi) is 9.75. The summed E-state index contributed by atoms with van der Waals surface area (Å²) in [5.74, 6) is -2.60. The van der Waals surface area contributed by atoms with Crippen molar-refractivity contribution in [2.24, 2.45) is 23.2 Å². The average molecular weight is 619 g/mol. The van der Waals surface area contributed by atoms with Gasteiger partial charge in [-0.3, -0.25) is 14.4 Å². The summed E-state index contributed by atoms with van der Waals surface area (Å²) in [5, 5.41) is 5.51. The molecular formula is C31H46N4O7S. The summed E-state index contributed by atoms with van der Waals surface area (Å²) in [6, 6.07) is 5.53. The van der Waals surface area contributed by atoms with Gasteiger partial charge in [-0.15, -0.1) is 6.58 Å². The van der Waals surface area contributed by atoms with E-state index in [0.717, 1.165) is 0 Å². The monoisotopic (exact) mass is 618 g/mol. The van der Waals surface area contributed by atoms with Crippen molar-refractivity contribution in [2.75, 3.05) is 6.54 Å². The molecular weight excluding hydrogens is 572 g/mol. The number of alkyl carbamates (subject to hydrolysis) is 1. The molecule has 2 unspecified atom stereocenters. The summed E-state index contributed by atoms with van der Waals surface area (Å²) in [5.41, 5.74) is -3.02. The maximum Gasteiger partial charge on any atom is 0.408 e. The van der Waals surface area contributed by atoms with Crippen molar-refractivity contribution < 1.29 is 32.3 Å². The number of rotatable bonds is 9. The van der Waals surface area contributed by atoms with Crippen LogP contribution in [0, 0.1) is 23.2 Å². The molecule has 2 aliphatic rings. The van der Waals surface area contributed by atoms with Crippen molar-refractivity contribution >= 4 is 33.8 Å². The van der Waals surface area contributed by atoms with Crippen LogP contribution in [0.2, 0.25) is 0 Å². The van der Waals surface area contributed by atoms with Gasteiger partial charge in [0.25, 0.3) is 15.9 Å². The molecule has 1 aliphatic carbocycles. The van der Waals surface area contributed by atoms with Crippen LogP contribution in [0.15, 0.2) is 47.9 Å². The van der Waals surface area contributed by atoms with Crippen LogP contribution in [0.1, 0.15) is 68.2 Å². The summed E-state index contributed by atoms with van der Waals surface area (Å²) in [6.45, 7) is 18.5. The van der Waals surface area contributed by atoms with E-state index >= 15 is 0 Å². The molecule has 5 atom stereocenters. The summed E-state index contributed by atoms with van der Waals surface area (Å²) in [4.78, 5) is 55.6. The Hall–Kier alpha value is -3.41. The number of amides is 4. The van der Waals surface area contributed by atoms with Gasteiger partial charge in [0.2, 0.25) is 11.8 Å². The van der Waals surface area contributed by atoms with E-state index < -0.39 is 68.4 Å². The third-order valence-electron chi connectivity index (χ3n) is 7.96. The number of carbonyl (C=O) groups excluding carboxylic acids is 4. The van der Waals surface area contributed by atoms with Crippen LogP contribution in [-0.2, 0) is 29.1 Å². The Morgan fingerprint density at radius 2 is 1.67 bits per heavy atom. The van der Waals surface area contributed by atoms with Gasteiger partial charge in [-0.1, -0.05) is 58.9 Å². The van der Waals surface area contributed by atoms with E-state index in [1.54, 1.807) is 39.0 Å². The van der Waals surface area contributed by atoms with Crippen LogP contribution in [0.4, 0.5) is 4.79 Å². The molecule has 3 rings (SSSR count). The predicted molar refractivity (Wildman–Crippen MR) is 162 cm³/mol. The van der Waals surface area contributed by atoms with Gasteiger partial charge < -0.3 is 20.3 Å². The highest BCUT2D eigenvalue weighted by Crippen LogP contribution is 2.45. The minimum atomic E-state index is -4.19. The normalized spacial score (nSPS) is 24.6. The van der Waals surface area contributed by atoms with E-state index in [1.807, 2.05) is 34.6 Å². The van der Waals surface area contributed by atoms with Crippen molar-refractivity contribution in [2.45, 2.75) is 96.4 Å². The molecule has 43 heavy (non-hydrogen) atoms. The van der Waals surface area contributed by atoms with Gasteiger partial charge in [0.05, 0.1) is 4.90 Å². The van der Waals surface area contributed by atoms with Crippen LogP contribution >= 0.6 is 0 Å². The van der Waals surface area contributed by atoms with Crippen molar-refractivity contribution in [1.29, 1.82) is 0 Å². The molecule has 1 saturated carbocycles. The maximum absolute atomic E-state index is 14.1. The van der Waals surface area contributed by atoms with Gasteiger partial charge in [0.15, 0.2) is 0 Å². The minimum Gasteiger partial charge on any atom is -0.444 e. The molecule has 0 bridgehead atoms. The zero-order valence-corrected chi connectivity index (χ0v) is 27.2. The number of carbonyl (C=O) groups is 4. The highest BCUT2D eigenvalue weighted by atomic mass is 32.2. The lowest BCUT2D eigenvalue weighted by Gasteiger charge is -2.37. The molecule has 1 saturated heterocycles. The van der Waals surface area contributed by atoms with Crippen LogP contribution in [-0.4, -0.2) is 66.9 Å². The van der Waals surface area contributed by atoms with Gasteiger partial charge in [-0.25, -0.2) is 17.9 Å². The lowest BCUT2D eigenvalue weighted by molar-refractivity contribution is -0.144. The topological polar surface area (TPSA) is 151 Å². The van der Waals surface area contributed by atoms with E-state index in [9.17, 15) is 27.6 Å². The molecule has 0 spiro atoms. The third-order valence-corrected chi connectivity index (χ3v) is 9.30. The molecule has 1 aromatic rings. The fraction of sp³-hybridized carbons (Fsp3) is 0.613. The van der Waals surface area contributed by atoms with E-state index in [2.05, 4.69) is 21.9 Å². The van der Waals surface area contributed by atoms with Crippen LogP contribution in [0.3, 0.4) is 0 Å². The first-order valence-electron chi connectivity index (χ1n) is 14.6. The lowest BCUT2D eigenvalue weighted by Crippen LogP contribution is -2.61. The van der Waals surface area contributed by atoms with Crippen LogP contribution < -0.4 is 15.4 Å². The zero-order valence-electron chi connectivity index (χ0n) is 26.4. The Morgan fingerprint density at radius 3 is 2.16 bits per heavy atom. The van der Waals surface area contributed by atoms with Gasteiger partial charge in [0.1, 0.15) is 23.2 Å². The van der Waals surface area contributed by atoms with E-state index in [1.165, 1.54) is 23.1 Å². The molecule has 238 valence electrons. The Labute approximate surface area is 255 Å². The average Bonchev–Trinajstić information content (AvgIpc) is 3.41. The van der Waals surface area contributed by atoms with Crippen LogP contribution in [0.5, 0.6) is 0 Å².